The Kier molecular flexibility index (Phi) is 3.56. The van der Waals surface area contributed by atoms with Crippen molar-refractivity contribution < 1.29 is 4.74 Å². The zero-order valence-corrected chi connectivity index (χ0v) is 9.59. The van der Waals surface area contributed by atoms with E-state index in [0.717, 1.165) is 30.8 Å². The molecule has 0 radical (unpaired) electrons. The van der Waals surface area contributed by atoms with Crippen LogP contribution in [-0.4, -0.2) is 26.3 Å². The molecule has 0 aliphatic carbocycles. The van der Waals surface area contributed by atoms with Crippen molar-refractivity contribution in [3.05, 3.63) is 34.3 Å². The van der Waals surface area contributed by atoms with E-state index in [1.807, 2.05) is 0 Å². The molecule has 2 nitrogen and oxygen atoms in total. The quantitative estimate of drug-likeness (QED) is 0.831. The van der Waals surface area contributed by atoms with E-state index >= 15 is 0 Å². The third-order valence-electron chi connectivity index (χ3n) is 2.45. The maximum absolute atomic E-state index is 5.52. The number of hydrogen-bond donors (Lipinski definition) is 1. The molecule has 1 unspecified atom stereocenters. The topological polar surface area (TPSA) is 21.3 Å². The van der Waals surface area contributed by atoms with Crippen LogP contribution in [0.3, 0.4) is 0 Å². The first-order chi connectivity index (χ1) is 6.86. The van der Waals surface area contributed by atoms with Crippen LogP contribution in [0.4, 0.5) is 0 Å². The highest BCUT2D eigenvalue weighted by Gasteiger charge is 2.14. The van der Waals surface area contributed by atoms with Crippen molar-refractivity contribution in [2.24, 2.45) is 0 Å². The summed E-state index contributed by atoms with van der Waals surface area (Å²) in [6.45, 7) is 3.62. The summed E-state index contributed by atoms with van der Waals surface area (Å²) in [4.78, 5) is 0. The summed E-state index contributed by atoms with van der Waals surface area (Å²) in [5, 5.41) is 3.37. The zero-order chi connectivity index (χ0) is 9.80. The Morgan fingerprint density at radius 1 is 1.43 bits per heavy atom. The van der Waals surface area contributed by atoms with Crippen molar-refractivity contribution in [2.75, 3.05) is 26.3 Å². The highest BCUT2D eigenvalue weighted by molar-refractivity contribution is 9.10. The first-order valence-electron chi connectivity index (χ1n) is 4.90. The van der Waals surface area contributed by atoms with Crippen LogP contribution < -0.4 is 5.32 Å². The van der Waals surface area contributed by atoms with Gasteiger partial charge in [-0.3, -0.25) is 0 Å². The number of ether oxygens (including phenoxy) is 1. The summed E-state index contributed by atoms with van der Waals surface area (Å²) < 4.78 is 6.66. The lowest BCUT2D eigenvalue weighted by Crippen LogP contribution is -2.21. The second kappa shape index (κ2) is 4.91. The molecular weight excluding hydrogens is 242 g/mol. The van der Waals surface area contributed by atoms with Crippen molar-refractivity contribution >= 4 is 15.9 Å². The van der Waals surface area contributed by atoms with Crippen LogP contribution in [0.1, 0.15) is 11.5 Å². The Labute approximate surface area is 92.8 Å². The van der Waals surface area contributed by atoms with Crippen LogP contribution in [0.25, 0.3) is 0 Å². The molecule has 0 spiro atoms. The van der Waals surface area contributed by atoms with Crippen molar-refractivity contribution in [2.45, 2.75) is 5.92 Å². The summed E-state index contributed by atoms with van der Waals surface area (Å²) in [6, 6.07) is 8.45. The van der Waals surface area contributed by atoms with Gasteiger partial charge in [-0.1, -0.05) is 28.1 Å². The van der Waals surface area contributed by atoms with Gasteiger partial charge in [-0.05, 0) is 17.7 Å². The maximum Gasteiger partial charge on any atom is 0.0591 e. The molecule has 0 bridgehead atoms. The van der Waals surface area contributed by atoms with E-state index < -0.39 is 0 Å². The zero-order valence-electron chi connectivity index (χ0n) is 8.00. The summed E-state index contributed by atoms with van der Waals surface area (Å²) >= 11 is 3.49. The van der Waals surface area contributed by atoms with Crippen LogP contribution in [0.5, 0.6) is 0 Å². The van der Waals surface area contributed by atoms with Gasteiger partial charge in [0.15, 0.2) is 0 Å². The second-order valence-electron chi connectivity index (χ2n) is 3.53. The van der Waals surface area contributed by atoms with E-state index in [4.69, 9.17) is 4.74 Å². The number of benzene rings is 1. The van der Waals surface area contributed by atoms with E-state index in [1.54, 1.807) is 0 Å². The summed E-state index contributed by atoms with van der Waals surface area (Å²) in [5.74, 6) is 0.481. The third-order valence-corrected chi connectivity index (χ3v) is 2.95. The molecule has 1 N–H and O–H groups in total. The minimum absolute atomic E-state index is 0.481. The summed E-state index contributed by atoms with van der Waals surface area (Å²) in [5.41, 5.74) is 1.34. The van der Waals surface area contributed by atoms with Gasteiger partial charge in [-0.2, -0.15) is 0 Å². The molecule has 14 heavy (non-hydrogen) atoms. The molecule has 0 amide bonds. The molecule has 76 valence electrons. The van der Waals surface area contributed by atoms with Gasteiger partial charge in [-0.25, -0.2) is 0 Å². The van der Waals surface area contributed by atoms with Crippen molar-refractivity contribution in [3.8, 4) is 0 Å². The molecule has 1 aliphatic heterocycles. The molecule has 1 aromatic rings. The molecule has 1 saturated heterocycles. The SMILES string of the molecule is Brc1cccc(C2CNCCOC2)c1. The van der Waals surface area contributed by atoms with E-state index in [9.17, 15) is 0 Å². The highest BCUT2D eigenvalue weighted by atomic mass is 79.9. The smallest absolute Gasteiger partial charge is 0.0591 e. The van der Waals surface area contributed by atoms with Crippen LogP contribution in [0.2, 0.25) is 0 Å². The monoisotopic (exact) mass is 255 g/mol. The minimum Gasteiger partial charge on any atom is -0.379 e. The average molecular weight is 256 g/mol. The van der Waals surface area contributed by atoms with Gasteiger partial charge in [0.2, 0.25) is 0 Å². The number of rotatable bonds is 1. The Balaban J connectivity index is 2.12. The Hall–Kier alpha value is -0.380. The number of hydrogen-bond acceptors (Lipinski definition) is 2. The van der Waals surface area contributed by atoms with Crippen LogP contribution in [0.15, 0.2) is 28.7 Å². The molecule has 2 rings (SSSR count). The maximum atomic E-state index is 5.52. The molecule has 0 saturated carbocycles. The summed E-state index contributed by atoms with van der Waals surface area (Å²) in [6.07, 6.45) is 0. The van der Waals surface area contributed by atoms with Crippen LogP contribution >= 0.6 is 15.9 Å². The van der Waals surface area contributed by atoms with E-state index in [-0.39, 0.29) is 0 Å². The second-order valence-corrected chi connectivity index (χ2v) is 4.45. The average Bonchev–Trinajstić information content (AvgIpc) is 2.45. The fraction of sp³-hybridized carbons (Fsp3) is 0.455. The van der Waals surface area contributed by atoms with Crippen LogP contribution in [0, 0.1) is 0 Å². The van der Waals surface area contributed by atoms with Gasteiger partial charge in [0, 0.05) is 23.5 Å². The van der Waals surface area contributed by atoms with Gasteiger partial charge in [0.25, 0.3) is 0 Å². The largest absolute Gasteiger partial charge is 0.379 e. The molecule has 1 heterocycles. The third kappa shape index (κ3) is 2.56. The van der Waals surface area contributed by atoms with Gasteiger partial charge < -0.3 is 10.1 Å². The lowest BCUT2D eigenvalue weighted by Gasteiger charge is -2.14. The van der Waals surface area contributed by atoms with Gasteiger partial charge in [0.05, 0.1) is 13.2 Å². The summed E-state index contributed by atoms with van der Waals surface area (Å²) in [7, 11) is 0. The molecule has 1 fully saturated rings. The Morgan fingerprint density at radius 2 is 2.36 bits per heavy atom. The first-order valence-corrected chi connectivity index (χ1v) is 5.69. The molecule has 1 aliphatic rings. The van der Waals surface area contributed by atoms with Crippen molar-refractivity contribution in [1.82, 2.24) is 5.32 Å². The lowest BCUT2D eigenvalue weighted by molar-refractivity contribution is 0.141. The molecule has 1 atom stereocenters. The first kappa shape index (κ1) is 10.1. The minimum atomic E-state index is 0.481. The van der Waals surface area contributed by atoms with Crippen LogP contribution in [-0.2, 0) is 4.74 Å². The molecular formula is C11H14BrNO. The number of nitrogens with one attached hydrogen (secondary N) is 1. The van der Waals surface area contributed by atoms with Crippen molar-refractivity contribution in [1.29, 1.82) is 0 Å². The van der Waals surface area contributed by atoms with E-state index in [0.29, 0.717) is 5.92 Å². The predicted molar refractivity (Wildman–Crippen MR) is 60.6 cm³/mol. The van der Waals surface area contributed by atoms with Gasteiger partial charge in [0.1, 0.15) is 0 Å². The predicted octanol–water partition coefficient (Wildman–Crippen LogP) is 2.15. The Morgan fingerprint density at radius 3 is 3.21 bits per heavy atom. The molecule has 1 aromatic carbocycles. The fourth-order valence-electron chi connectivity index (χ4n) is 1.68. The fourth-order valence-corrected chi connectivity index (χ4v) is 2.10. The van der Waals surface area contributed by atoms with Crippen molar-refractivity contribution in [3.63, 3.8) is 0 Å². The lowest BCUT2D eigenvalue weighted by atomic mass is 10.0. The van der Waals surface area contributed by atoms with E-state index in [1.165, 1.54) is 5.56 Å². The molecule has 3 heteroatoms. The highest BCUT2D eigenvalue weighted by Crippen LogP contribution is 2.20. The normalized spacial score (nSPS) is 23.1. The molecule has 0 aromatic heterocycles. The van der Waals surface area contributed by atoms with Gasteiger partial charge >= 0.3 is 0 Å². The number of halogens is 1. The standard InChI is InChI=1S/C11H14BrNO/c12-11-3-1-2-9(6-11)10-7-13-4-5-14-8-10/h1-3,6,10,13H,4-5,7-8H2. The Bertz CT molecular complexity index is 295. The van der Waals surface area contributed by atoms with E-state index in [2.05, 4.69) is 45.5 Å². The van der Waals surface area contributed by atoms with Gasteiger partial charge in [-0.15, -0.1) is 0 Å².